The predicted octanol–water partition coefficient (Wildman–Crippen LogP) is 4.29. The molecular weight excluding hydrogens is 374 g/mol. The topological polar surface area (TPSA) is 71.5 Å². The lowest BCUT2D eigenvalue weighted by molar-refractivity contribution is -0.132. The molecule has 7 heteroatoms. The van der Waals surface area contributed by atoms with Crippen molar-refractivity contribution in [2.45, 2.75) is 19.8 Å². The molecule has 1 aromatic heterocycles. The number of hydrogen-bond acceptors (Lipinski definition) is 5. The molecule has 3 aromatic rings. The van der Waals surface area contributed by atoms with Crippen molar-refractivity contribution in [1.82, 2.24) is 9.88 Å². The number of amides is 2. The van der Waals surface area contributed by atoms with Crippen molar-refractivity contribution in [2.75, 3.05) is 18.4 Å². The largest absolute Gasteiger partial charge is 0.457 e. The summed E-state index contributed by atoms with van der Waals surface area (Å²) in [7, 11) is 0. The zero-order valence-corrected chi connectivity index (χ0v) is 16.4. The van der Waals surface area contributed by atoms with E-state index in [1.54, 1.807) is 11.8 Å². The van der Waals surface area contributed by atoms with Gasteiger partial charge in [0.2, 0.25) is 11.8 Å². The molecule has 1 saturated heterocycles. The van der Waals surface area contributed by atoms with Crippen LogP contribution in [0, 0.1) is 5.92 Å². The van der Waals surface area contributed by atoms with Crippen LogP contribution in [0.4, 0.5) is 5.13 Å². The first-order valence-corrected chi connectivity index (χ1v) is 10.1. The molecule has 1 aliphatic heterocycles. The molecule has 0 atom stereocenters. The van der Waals surface area contributed by atoms with Gasteiger partial charge in [0.25, 0.3) is 0 Å². The monoisotopic (exact) mass is 395 g/mol. The first-order valence-electron chi connectivity index (χ1n) is 9.28. The molecule has 6 nitrogen and oxygen atoms in total. The van der Waals surface area contributed by atoms with Crippen LogP contribution in [0.5, 0.6) is 11.5 Å². The molecule has 2 amide bonds. The van der Waals surface area contributed by atoms with E-state index in [1.165, 1.54) is 11.3 Å². The van der Waals surface area contributed by atoms with Crippen molar-refractivity contribution in [3.05, 3.63) is 48.5 Å². The summed E-state index contributed by atoms with van der Waals surface area (Å²) in [4.78, 5) is 30.3. The van der Waals surface area contributed by atoms with Gasteiger partial charge in [-0.15, -0.1) is 0 Å². The average molecular weight is 395 g/mol. The van der Waals surface area contributed by atoms with E-state index in [-0.39, 0.29) is 17.7 Å². The summed E-state index contributed by atoms with van der Waals surface area (Å²) >= 11 is 1.43. The number of rotatable bonds is 4. The molecule has 0 spiro atoms. The number of para-hydroxylation sites is 1. The highest BCUT2D eigenvalue weighted by Crippen LogP contribution is 2.31. The van der Waals surface area contributed by atoms with Gasteiger partial charge in [0.05, 0.1) is 10.2 Å². The Labute approximate surface area is 167 Å². The second kappa shape index (κ2) is 7.98. The molecular formula is C21H21N3O3S. The maximum Gasteiger partial charge on any atom is 0.229 e. The zero-order chi connectivity index (χ0) is 19.5. The summed E-state index contributed by atoms with van der Waals surface area (Å²) in [6.45, 7) is 2.83. The van der Waals surface area contributed by atoms with Crippen molar-refractivity contribution < 1.29 is 14.3 Å². The summed E-state index contributed by atoms with van der Waals surface area (Å²) in [6, 6.07) is 15.3. The van der Waals surface area contributed by atoms with Gasteiger partial charge in [-0.3, -0.25) is 9.59 Å². The first-order chi connectivity index (χ1) is 13.6. The van der Waals surface area contributed by atoms with Gasteiger partial charge in [0.15, 0.2) is 5.13 Å². The SMILES string of the molecule is CC(=O)N1CCC(C(=O)Nc2nc3ccc(Oc4ccccc4)cc3s2)CC1. The number of likely N-dealkylation sites (tertiary alicyclic amines) is 1. The van der Waals surface area contributed by atoms with E-state index < -0.39 is 0 Å². The van der Waals surface area contributed by atoms with Gasteiger partial charge in [-0.25, -0.2) is 4.98 Å². The molecule has 1 fully saturated rings. The highest BCUT2D eigenvalue weighted by Gasteiger charge is 2.26. The highest BCUT2D eigenvalue weighted by atomic mass is 32.1. The third kappa shape index (κ3) is 4.14. The molecule has 0 aliphatic carbocycles. The number of aromatic nitrogens is 1. The van der Waals surface area contributed by atoms with Crippen LogP contribution in [0.2, 0.25) is 0 Å². The van der Waals surface area contributed by atoms with Gasteiger partial charge >= 0.3 is 0 Å². The summed E-state index contributed by atoms with van der Waals surface area (Å²) in [5, 5.41) is 3.53. The Morgan fingerprint density at radius 3 is 2.57 bits per heavy atom. The number of carbonyl (C=O) groups excluding carboxylic acids is 2. The Morgan fingerprint density at radius 2 is 1.86 bits per heavy atom. The fourth-order valence-corrected chi connectivity index (χ4v) is 4.21. The summed E-state index contributed by atoms with van der Waals surface area (Å²) in [5.41, 5.74) is 0.826. The maximum atomic E-state index is 12.6. The minimum Gasteiger partial charge on any atom is -0.457 e. The number of piperidine rings is 1. The Balaban J connectivity index is 1.42. The quantitative estimate of drug-likeness (QED) is 0.715. The van der Waals surface area contributed by atoms with Crippen LogP contribution < -0.4 is 10.1 Å². The lowest BCUT2D eigenvalue weighted by atomic mass is 9.96. The molecule has 0 saturated carbocycles. The zero-order valence-electron chi connectivity index (χ0n) is 15.6. The normalized spacial score (nSPS) is 14.8. The smallest absolute Gasteiger partial charge is 0.229 e. The van der Waals surface area contributed by atoms with Crippen LogP contribution >= 0.6 is 11.3 Å². The van der Waals surface area contributed by atoms with Crippen LogP contribution in [0.1, 0.15) is 19.8 Å². The third-order valence-electron chi connectivity index (χ3n) is 4.88. The summed E-state index contributed by atoms with van der Waals surface area (Å²) in [5.74, 6) is 1.47. The highest BCUT2D eigenvalue weighted by molar-refractivity contribution is 7.22. The number of carbonyl (C=O) groups is 2. The molecule has 28 heavy (non-hydrogen) atoms. The number of fused-ring (bicyclic) bond motifs is 1. The lowest BCUT2D eigenvalue weighted by Crippen LogP contribution is -2.40. The molecule has 2 heterocycles. The van der Waals surface area contributed by atoms with Crippen molar-refractivity contribution >= 4 is 38.5 Å². The van der Waals surface area contributed by atoms with Crippen LogP contribution in [0.3, 0.4) is 0 Å². The van der Waals surface area contributed by atoms with Gasteiger partial charge < -0.3 is 15.0 Å². The third-order valence-corrected chi connectivity index (χ3v) is 5.81. The number of hydrogen-bond donors (Lipinski definition) is 1. The fourth-order valence-electron chi connectivity index (χ4n) is 3.31. The fraction of sp³-hybridized carbons (Fsp3) is 0.286. The number of ether oxygens (including phenoxy) is 1. The van der Waals surface area contributed by atoms with Crippen LogP contribution in [-0.4, -0.2) is 34.8 Å². The van der Waals surface area contributed by atoms with E-state index >= 15 is 0 Å². The average Bonchev–Trinajstić information content (AvgIpc) is 3.10. The molecule has 2 aromatic carbocycles. The van der Waals surface area contributed by atoms with E-state index in [1.807, 2.05) is 48.5 Å². The number of anilines is 1. The second-order valence-corrected chi connectivity index (χ2v) is 7.86. The second-order valence-electron chi connectivity index (χ2n) is 6.83. The first kappa shape index (κ1) is 18.4. The van der Waals surface area contributed by atoms with E-state index in [9.17, 15) is 9.59 Å². The molecule has 1 aliphatic rings. The van der Waals surface area contributed by atoms with Gasteiger partial charge in [-0.1, -0.05) is 29.5 Å². The molecule has 0 unspecified atom stereocenters. The Hall–Kier alpha value is -2.93. The lowest BCUT2D eigenvalue weighted by Gasteiger charge is -2.30. The number of thiazole rings is 1. The van der Waals surface area contributed by atoms with Gasteiger partial charge in [0.1, 0.15) is 11.5 Å². The standard InChI is InChI=1S/C21H21N3O3S/c1-14(25)24-11-9-15(10-12-24)20(26)23-21-22-18-8-7-17(13-19(18)28-21)27-16-5-3-2-4-6-16/h2-8,13,15H,9-12H2,1H3,(H,22,23,26). The Morgan fingerprint density at radius 1 is 1.11 bits per heavy atom. The Kier molecular flexibility index (Phi) is 5.25. The van der Waals surface area contributed by atoms with Crippen LogP contribution in [0.15, 0.2) is 48.5 Å². The van der Waals surface area contributed by atoms with Crippen LogP contribution in [0.25, 0.3) is 10.2 Å². The molecule has 4 rings (SSSR count). The summed E-state index contributed by atoms with van der Waals surface area (Å²) < 4.78 is 6.81. The van der Waals surface area contributed by atoms with Gasteiger partial charge in [-0.2, -0.15) is 0 Å². The minimum absolute atomic E-state index is 0.0250. The number of nitrogens with one attached hydrogen (secondary N) is 1. The van der Waals surface area contributed by atoms with E-state index in [4.69, 9.17) is 4.74 Å². The van der Waals surface area contributed by atoms with Crippen LogP contribution in [-0.2, 0) is 9.59 Å². The van der Waals surface area contributed by atoms with Gasteiger partial charge in [0, 0.05) is 32.0 Å². The number of benzene rings is 2. The minimum atomic E-state index is -0.0837. The Bertz CT molecular complexity index is 995. The molecule has 0 radical (unpaired) electrons. The van der Waals surface area contributed by atoms with E-state index in [2.05, 4.69) is 10.3 Å². The van der Waals surface area contributed by atoms with E-state index in [0.717, 1.165) is 21.7 Å². The van der Waals surface area contributed by atoms with Crippen molar-refractivity contribution in [3.8, 4) is 11.5 Å². The van der Waals surface area contributed by atoms with E-state index in [0.29, 0.717) is 31.1 Å². The maximum absolute atomic E-state index is 12.6. The van der Waals surface area contributed by atoms with Crippen molar-refractivity contribution in [2.24, 2.45) is 5.92 Å². The summed E-state index contributed by atoms with van der Waals surface area (Å²) in [6.07, 6.45) is 1.37. The molecule has 1 N–H and O–H groups in total. The molecule has 0 bridgehead atoms. The number of nitrogens with zero attached hydrogens (tertiary/aromatic N) is 2. The van der Waals surface area contributed by atoms with Crippen molar-refractivity contribution in [3.63, 3.8) is 0 Å². The van der Waals surface area contributed by atoms with Crippen molar-refractivity contribution in [1.29, 1.82) is 0 Å². The molecule has 144 valence electrons. The van der Waals surface area contributed by atoms with Gasteiger partial charge in [-0.05, 0) is 37.1 Å². The predicted molar refractivity (Wildman–Crippen MR) is 110 cm³/mol.